The Kier molecular flexibility index (Phi) is 4.68. The summed E-state index contributed by atoms with van der Waals surface area (Å²) in [4.78, 5) is 0. The third-order valence-electron chi connectivity index (χ3n) is 3.61. The van der Waals surface area contributed by atoms with Crippen LogP contribution in [0.25, 0.3) is 0 Å². The van der Waals surface area contributed by atoms with E-state index in [1.165, 1.54) is 17.7 Å². The van der Waals surface area contributed by atoms with Gasteiger partial charge in [0, 0.05) is 0 Å². The van der Waals surface area contributed by atoms with Crippen molar-refractivity contribution in [3.63, 3.8) is 0 Å². The molecule has 0 aromatic heterocycles. The summed E-state index contributed by atoms with van der Waals surface area (Å²) in [5.41, 5.74) is 2.50. The molecule has 1 N–H and O–H groups in total. The zero-order valence-electron chi connectivity index (χ0n) is 12.0. The molecule has 21 heavy (non-hydrogen) atoms. The van der Waals surface area contributed by atoms with Crippen LogP contribution in [0.3, 0.4) is 0 Å². The van der Waals surface area contributed by atoms with Gasteiger partial charge < -0.3 is 5.32 Å². The van der Waals surface area contributed by atoms with Crippen LogP contribution >= 0.6 is 0 Å². The first-order valence-electron chi connectivity index (χ1n) is 6.89. The molecule has 0 fully saturated rings. The molecule has 4 heteroatoms. The van der Waals surface area contributed by atoms with Crippen LogP contribution in [0, 0.1) is 0 Å². The van der Waals surface area contributed by atoms with Crippen molar-refractivity contribution in [2.24, 2.45) is 0 Å². The van der Waals surface area contributed by atoms with Crippen molar-refractivity contribution >= 4 is 0 Å². The lowest BCUT2D eigenvalue weighted by atomic mass is 9.93. The van der Waals surface area contributed by atoms with Gasteiger partial charge in [-0.3, -0.25) is 0 Å². The van der Waals surface area contributed by atoms with Gasteiger partial charge in [0.15, 0.2) is 0 Å². The molecule has 1 atom stereocenters. The van der Waals surface area contributed by atoms with Gasteiger partial charge in [-0.05, 0) is 42.3 Å². The lowest BCUT2D eigenvalue weighted by Crippen LogP contribution is -2.19. The number of hydrogen-bond acceptors (Lipinski definition) is 1. The van der Waals surface area contributed by atoms with Crippen LogP contribution in [0.1, 0.15) is 35.2 Å². The molecule has 1 unspecified atom stereocenters. The summed E-state index contributed by atoms with van der Waals surface area (Å²) in [6.07, 6.45) is -3.41. The summed E-state index contributed by atoms with van der Waals surface area (Å²) in [7, 11) is 1.81. The number of rotatable bonds is 4. The van der Waals surface area contributed by atoms with E-state index in [2.05, 4.69) is 12.2 Å². The van der Waals surface area contributed by atoms with E-state index in [9.17, 15) is 13.2 Å². The number of alkyl halides is 3. The van der Waals surface area contributed by atoms with E-state index >= 15 is 0 Å². The normalized spacial score (nSPS) is 13.2. The van der Waals surface area contributed by atoms with Gasteiger partial charge in [-0.1, -0.05) is 43.3 Å². The molecule has 0 saturated carbocycles. The van der Waals surface area contributed by atoms with E-state index in [1.807, 2.05) is 31.3 Å². The lowest BCUT2D eigenvalue weighted by molar-refractivity contribution is -0.137. The summed E-state index contributed by atoms with van der Waals surface area (Å²) in [5, 5.41) is 3.19. The third kappa shape index (κ3) is 3.45. The average molecular weight is 293 g/mol. The Morgan fingerprint density at radius 1 is 1.00 bits per heavy atom. The van der Waals surface area contributed by atoms with Crippen molar-refractivity contribution in [3.05, 3.63) is 70.8 Å². The maximum atomic E-state index is 12.6. The fourth-order valence-electron chi connectivity index (χ4n) is 2.50. The van der Waals surface area contributed by atoms with E-state index in [-0.39, 0.29) is 6.04 Å². The minimum Gasteiger partial charge on any atom is -0.309 e. The average Bonchev–Trinajstić information content (AvgIpc) is 2.48. The van der Waals surface area contributed by atoms with Gasteiger partial charge in [0.2, 0.25) is 0 Å². The highest BCUT2D eigenvalue weighted by Crippen LogP contribution is 2.31. The zero-order valence-corrected chi connectivity index (χ0v) is 12.0. The lowest BCUT2D eigenvalue weighted by Gasteiger charge is -2.20. The number of hydrogen-bond donors (Lipinski definition) is 1. The molecule has 2 rings (SSSR count). The number of halogens is 3. The van der Waals surface area contributed by atoms with Crippen molar-refractivity contribution in [1.82, 2.24) is 5.32 Å². The quantitative estimate of drug-likeness (QED) is 0.870. The van der Waals surface area contributed by atoms with E-state index in [0.717, 1.165) is 29.7 Å². The van der Waals surface area contributed by atoms with Crippen molar-refractivity contribution in [2.75, 3.05) is 7.05 Å². The molecule has 0 aliphatic rings. The molecule has 2 aromatic rings. The van der Waals surface area contributed by atoms with E-state index in [0.29, 0.717) is 0 Å². The van der Waals surface area contributed by atoms with Crippen molar-refractivity contribution in [3.8, 4) is 0 Å². The topological polar surface area (TPSA) is 12.0 Å². The first-order valence-corrected chi connectivity index (χ1v) is 6.89. The second kappa shape index (κ2) is 6.31. The molecule has 0 aliphatic heterocycles. The summed E-state index contributed by atoms with van der Waals surface area (Å²) >= 11 is 0. The predicted molar refractivity (Wildman–Crippen MR) is 78.2 cm³/mol. The largest absolute Gasteiger partial charge is 0.416 e. The Balaban J connectivity index is 2.38. The van der Waals surface area contributed by atoms with Gasteiger partial charge in [0.05, 0.1) is 11.6 Å². The number of benzene rings is 2. The maximum Gasteiger partial charge on any atom is 0.416 e. The van der Waals surface area contributed by atoms with Crippen LogP contribution < -0.4 is 5.32 Å². The molecule has 2 aromatic carbocycles. The monoisotopic (exact) mass is 293 g/mol. The van der Waals surface area contributed by atoms with Gasteiger partial charge in [0.25, 0.3) is 0 Å². The van der Waals surface area contributed by atoms with Gasteiger partial charge >= 0.3 is 6.18 Å². The summed E-state index contributed by atoms with van der Waals surface area (Å²) < 4.78 is 37.9. The van der Waals surface area contributed by atoms with Crippen molar-refractivity contribution < 1.29 is 13.2 Å². The molecular weight excluding hydrogens is 275 g/mol. The van der Waals surface area contributed by atoms with Gasteiger partial charge in [-0.2, -0.15) is 13.2 Å². The predicted octanol–water partition coefficient (Wildman–Crippen LogP) is 4.58. The molecule has 0 saturated heterocycles. The first kappa shape index (κ1) is 15.6. The fraction of sp³-hybridized carbons (Fsp3) is 0.294. The summed E-state index contributed by atoms with van der Waals surface area (Å²) in [6, 6.07) is 13.2. The van der Waals surface area contributed by atoms with Gasteiger partial charge in [-0.25, -0.2) is 0 Å². The molecule has 0 amide bonds. The second-order valence-electron chi connectivity index (χ2n) is 4.89. The third-order valence-corrected chi connectivity index (χ3v) is 3.61. The Labute approximate surface area is 122 Å². The molecule has 0 aliphatic carbocycles. The van der Waals surface area contributed by atoms with E-state index < -0.39 is 11.7 Å². The maximum absolute atomic E-state index is 12.6. The Hall–Kier alpha value is -1.81. The first-order chi connectivity index (χ1) is 9.97. The van der Waals surface area contributed by atoms with E-state index in [4.69, 9.17) is 0 Å². The molecule has 0 bridgehead atoms. The minimum absolute atomic E-state index is 0.108. The summed E-state index contributed by atoms with van der Waals surface area (Å²) in [5.74, 6) is 0. The molecule has 112 valence electrons. The molecule has 1 nitrogen and oxygen atoms in total. The van der Waals surface area contributed by atoms with Crippen molar-refractivity contribution in [2.45, 2.75) is 25.6 Å². The zero-order chi connectivity index (χ0) is 15.5. The van der Waals surface area contributed by atoms with Crippen LogP contribution in [0.2, 0.25) is 0 Å². The van der Waals surface area contributed by atoms with Crippen LogP contribution in [-0.4, -0.2) is 7.05 Å². The Morgan fingerprint density at radius 2 is 1.62 bits per heavy atom. The van der Waals surface area contributed by atoms with E-state index in [1.54, 1.807) is 0 Å². The Bertz CT molecular complexity index is 588. The van der Waals surface area contributed by atoms with Crippen molar-refractivity contribution in [1.29, 1.82) is 0 Å². The SMILES string of the molecule is CCc1ccccc1C(NC)c1ccc(C(F)(F)F)cc1. The van der Waals surface area contributed by atoms with Crippen LogP contribution in [0.4, 0.5) is 13.2 Å². The number of aryl methyl sites for hydroxylation is 1. The standard InChI is InChI=1S/C17H18F3N/c1-3-12-6-4-5-7-15(12)16(21-2)13-8-10-14(11-9-13)17(18,19)20/h4-11,16,21H,3H2,1-2H3. The molecular formula is C17H18F3N. The highest BCUT2D eigenvalue weighted by atomic mass is 19.4. The van der Waals surface area contributed by atoms with Gasteiger partial charge in [0.1, 0.15) is 0 Å². The second-order valence-corrected chi connectivity index (χ2v) is 4.89. The van der Waals surface area contributed by atoms with Crippen LogP contribution in [0.5, 0.6) is 0 Å². The minimum atomic E-state index is -4.30. The highest BCUT2D eigenvalue weighted by molar-refractivity contribution is 5.38. The molecule has 0 heterocycles. The summed E-state index contributed by atoms with van der Waals surface area (Å²) in [6.45, 7) is 2.07. The number of nitrogens with one attached hydrogen (secondary N) is 1. The van der Waals surface area contributed by atoms with Crippen LogP contribution in [0.15, 0.2) is 48.5 Å². The smallest absolute Gasteiger partial charge is 0.309 e. The molecule has 0 spiro atoms. The van der Waals surface area contributed by atoms with Gasteiger partial charge in [-0.15, -0.1) is 0 Å². The molecule has 0 radical (unpaired) electrons. The Morgan fingerprint density at radius 3 is 2.14 bits per heavy atom. The highest BCUT2D eigenvalue weighted by Gasteiger charge is 2.30. The fourth-order valence-corrected chi connectivity index (χ4v) is 2.50. The van der Waals surface area contributed by atoms with Crippen LogP contribution in [-0.2, 0) is 12.6 Å².